The summed E-state index contributed by atoms with van der Waals surface area (Å²) < 4.78 is 5.70. The Kier molecular flexibility index (Phi) is 5.90. The van der Waals surface area contributed by atoms with Crippen molar-refractivity contribution in [1.29, 1.82) is 0 Å². The normalized spacial score (nSPS) is 25.7. The van der Waals surface area contributed by atoms with Gasteiger partial charge in [-0.15, -0.1) is 0 Å². The minimum absolute atomic E-state index is 0.180. The fourth-order valence-corrected chi connectivity index (χ4v) is 5.04. The van der Waals surface area contributed by atoms with Crippen molar-refractivity contribution in [1.82, 2.24) is 4.90 Å². The number of rotatable bonds is 3. The summed E-state index contributed by atoms with van der Waals surface area (Å²) in [6.07, 6.45) is 10.3. The van der Waals surface area contributed by atoms with E-state index in [2.05, 4.69) is 47.3 Å². The summed E-state index contributed by atoms with van der Waals surface area (Å²) in [6.45, 7) is 10.5. The highest BCUT2D eigenvalue weighted by atomic mass is 16.6. The van der Waals surface area contributed by atoms with Crippen molar-refractivity contribution in [3.05, 3.63) is 41.6 Å². The van der Waals surface area contributed by atoms with Gasteiger partial charge in [-0.25, -0.2) is 4.79 Å². The van der Waals surface area contributed by atoms with Crippen molar-refractivity contribution in [2.75, 3.05) is 24.5 Å². The Morgan fingerprint density at radius 2 is 2.13 bits per heavy atom. The zero-order chi connectivity index (χ0) is 21.3. The zero-order valence-electron chi connectivity index (χ0n) is 18.8. The smallest absolute Gasteiger partial charge is 0.410 e. The van der Waals surface area contributed by atoms with E-state index >= 15 is 0 Å². The molecule has 0 saturated carbocycles. The molecule has 1 aromatic rings. The van der Waals surface area contributed by atoms with Gasteiger partial charge in [0.25, 0.3) is 0 Å². The maximum atomic E-state index is 12.8. The number of carbonyl (C=O) groups is 1. The van der Waals surface area contributed by atoms with Crippen LogP contribution in [0, 0.1) is 12.8 Å². The average Bonchev–Trinajstić information content (AvgIpc) is 2.83. The summed E-state index contributed by atoms with van der Waals surface area (Å²) >= 11 is 0. The van der Waals surface area contributed by atoms with Gasteiger partial charge in [-0.2, -0.15) is 0 Å². The number of aryl methyl sites for hydroxylation is 1. The Hall–Kier alpha value is -2.30. The van der Waals surface area contributed by atoms with Gasteiger partial charge in [0.2, 0.25) is 0 Å². The van der Waals surface area contributed by atoms with Gasteiger partial charge in [0, 0.05) is 49.7 Å². The second-order valence-electron chi connectivity index (χ2n) is 9.97. The van der Waals surface area contributed by atoms with Gasteiger partial charge in [-0.05, 0) is 70.9 Å². The number of likely N-dealkylation sites (tertiary alicyclic amines) is 1. The molecular weight excluding hydrogens is 374 g/mol. The molecule has 1 unspecified atom stereocenters. The van der Waals surface area contributed by atoms with E-state index in [4.69, 9.17) is 4.74 Å². The molecule has 4 rings (SSSR count). The number of amides is 1. The SMILES string of the molecule is Cc1ccc2c(c1)[C@@H]1CN(C(=O)OC(C)(C)C)CCC[C@@H]1N2CCC1C=NC=CC1. The van der Waals surface area contributed by atoms with E-state index in [1.165, 1.54) is 16.8 Å². The molecule has 1 saturated heterocycles. The average molecular weight is 410 g/mol. The van der Waals surface area contributed by atoms with Crippen LogP contribution in [0.15, 0.2) is 35.5 Å². The molecule has 5 nitrogen and oxygen atoms in total. The standard InChI is InChI=1S/C25H35N3O2/c1-18-9-10-23-20(15-18)21-17-27(24(29)30-25(2,3)4)13-6-8-22(21)28(23)14-11-19-7-5-12-26-16-19/h5,9-10,12,15-16,19,21-22H,6-8,11,13-14,17H2,1-4H3/t19?,21-,22-/m0/s1. The first-order chi connectivity index (χ1) is 14.3. The molecule has 30 heavy (non-hydrogen) atoms. The summed E-state index contributed by atoms with van der Waals surface area (Å²) in [5, 5.41) is 0. The van der Waals surface area contributed by atoms with E-state index in [0.717, 1.165) is 45.3 Å². The fraction of sp³-hybridized carbons (Fsp3) is 0.600. The van der Waals surface area contributed by atoms with Crippen LogP contribution in [0.4, 0.5) is 10.5 Å². The highest BCUT2D eigenvalue weighted by molar-refractivity contribution is 5.70. The van der Waals surface area contributed by atoms with Gasteiger partial charge in [0.1, 0.15) is 5.60 Å². The quantitative estimate of drug-likeness (QED) is 0.681. The third kappa shape index (κ3) is 4.55. The Morgan fingerprint density at radius 1 is 1.30 bits per heavy atom. The van der Waals surface area contributed by atoms with Crippen molar-refractivity contribution in [2.24, 2.45) is 10.9 Å². The summed E-state index contributed by atoms with van der Waals surface area (Å²) in [7, 11) is 0. The Morgan fingerprint density at radius 3 is 2.87 bits per heavy atom. The van der Waals surface area contributed by atoms with E-state index in [-0.39, 0.29) is 6.09 Å². The molecule has 1 fully saturated rings. The van der Waals surface area contributed by atoms with Gasteiger partial charge in [0.15, 0.2) is 0 Å². The van der Waals surface area contributed by atoms with Crippen LogP contribution in [0.3, 0.4) is 0 Å². The Labute approximate surface area is 180 Å². The largest absolute Gasteiger partial charge is 0.444 e. The number of fused-ring (bicyclic) bond motifs is 3. The lowest BCUT2D eigenvalue weighted by atomic mass is 9.92. The third-order valence-electron chi connectivity index (χ3n) is 6.42. The molecule has 0 aromatic heterocycles. The van der Waals surface area contributed by atoms with Crippen molar-refractivity contribution in [2.45, 2.75) is 70.9 Å². The van der Waals surface area contributed by atoms with Gasteiger partial charge in [-0.3, -0.25) is 4.99 Å². The number of hydrogen-bond donors (Lipinski definition) is 0. The molecule has 162 valence electrons. The maximum Gasteiger partial charge on any atom is 0.410 e. The molecule has 1 amide bonds. The molecule has 1 aromatic carbocycles. The lowest BCUT2D eigenvalue weighted by Gasteiger charge is -2.31. The van der Waals surface area contributed by atoms with Gasteiger partial charge in [0.05, 0.1) is 0 Å². The minimum atomic E-state index is -0.463. The first kappa shape index (κ1) is 21.0. The highest BCUT2D eigenvalue weighted by Crippen LogP contribution is 2.45. The summed E-state index contributed by atoms with van der Waals surface area (Å²) in [6, 6.07) is 7.28. The van der Waals surface area contributed by atoms with Gasteiger partial charge in [-0.1, -0.05) is 23.8 Å². The van der Waals surface area contributed by atoms with E-state index in [1.807, 2.05) is 31.9 Å². The Balaban J connectivity index is 1.55. The summed E-state index contributed by atoms with van der Waals surface area (Å²) in [4.78, 5) is 21.7. The molecule has 0 radical (unpaired) electrons. The molecule has 0 spiro atoms. The van der Waals surface area contributed by atoms with Crippen LogP contribution >= 0.6 is 0 Å². The number of allylic oxidation sites excluding steroid dienone is 1. The van der Waals surface area contributed by atoms with Crippen LogP contribution in [-0.4, -0.2) is 48.5 Å². The van der Waals surface area contributed by atoms with Crippen LogP contribution in [0.2, 0.25) is 0 Å². The second-order valence-corrected chi connectivity index (χ2v) is 9.97. The number of benzene rings is 1. The topological polar surface area (TPSA) is 45.1 Å². The number of nitrogens with zero attached hydrogens (tertiary/aromatic N) is 3. The second kappa shape index (κ2) is 8.44. The number of ether oxygens (including phenoxy) is 1. The predicted molar refractivity (Wildman–Crippen MR) is 122 cm³/mol. The van der Waals surface area contributed by atoms with Crippen LogP contribution in [0.5, 0.6) is 0 Å². The number of carbonyl (C=O) groups excluding carboxylic acids is 1. The zero-order valence-corrected chi connectivity index (χ0v) is 18.8. The molecule has 0 bridgehead atoms. The van der Waals surface area contributed by atoms with Crippen LogP contribution < -0.4 is 4.90 Å². The predicted octanol–water partition coefficient (Wildman–Crippen LogP) is 5.29. The molecular formula is C25H35N3O2. The van der Waals surface area contributed by atoms with Crippen molar-refractivity contribution in [3.63, 3.8) is 0 Å². The molecule has 3 heterocycles. The van der Waals surface area contributed by atoms with E-state index < -0.39 is 5.60 Å². The van der Waals surface area contributed by atoms with Crippen molar-refractivity contribution < 1.29 is 9.53 Å². The molecule has 5 heteroatoms. The molecule has 3 aliphatic rings. The third-order valence-corrected chi connectivity index (χ3v) is 6.42. The maximum absolute atomic E-state index is 12.8. The number of aliphatic imine (C=N–C) groups is 1. The fourth-order valence-electron chi connectivity index (χ4n) is 5.04. The van der Waals surface area contributed by atoms with Gasteiger partial charge < -0.3 is 14.5 Å². The van der Waals surface area contributed by atoms with E-state index in [9.17, 15) is 4.79 Å². The van der Waals surface area contributed by atoms with Crippen molar-refractivity contribution >= 4 is 18.0 Å². The lowest BCUT2D eigenvalue weighted by molar-refractivity contribution is 0.0248. The Bertz CT molecular complexity index is 839. The van der Waals surface area contributed by atoms with Crippen LogP contribution in [0.25, 0.3) is 0 Å². The number of hydrogen-bond acceptors (Lipinski definition) is 4. The molecule has 3 atom stereocenters. The lowest BCUT2D eigenvalue weighted by Crippen LogP contribution is -2.40. The molecule has 0 N–H and O–H groups in total. The highest BCUT2D eigenvalue weighted by Gasteiger charge is 2.41. The van der Waals surface area contributed by atoms with Crippen LogP contribution in [0.1, 0.15) is 63.5 Å². The van der Waals surface area contributed by atoms with Crippen LogP contribution in [-0.2, 0) is 4.74 Å². The minimum Gasteiger partial charge on any atom is -0.444 e. The monoisotopic (exact) mass is 409 g/mol. The van der Waals surface area contributed by atoms with E-state index in [1.54, 1.807) is 0 Å². The summed E-state index contributed by atoms with van der Waals surface area (Å²) in [5.74, 6) is 0.863. The molecule has 0 aliphatic carbocycles. The first-order valence-electron chi connectivity index (χ1n) is 11.4. The van der Waals surface area contributed by atoms with Gasteiger partial charge >= 0.3 is 6.09 Å². The van der Waals surface area contributed by atoms with E-state index in [0.29, 0.717) is 17.9 Å². The van der Waals surface area contributed by atoms with Crippen molar-refractivity contribution in [3.8, 4) is 0 Å². The summed E-state index contributed by atoms with van der Waals surface area (Å²) in [5.41, 5.74) is 3.57. The number of anilines is 1. The first-order valence-corrected chi connectivity index (χ1v) is 11.4. The molecule has 3 aliphatic heterocycles.